The zero-order chi connectivity index (χ0) is 27.6. The summed E-state index contributed by atoms with van der Waals surface area (Å²) in [6.07, 6.45) is 1.36. The number of carbonyl (C=O) groups excluding carboxylic acids is 1. The second kappa shape index (κ2) is 10.3. The number of carboxylic acid groups (broad SMARTS) is 1. The number of anilines is 1. The van der Waals surface area contributed by atoms with Gasteiger partial charge < -0.3 is 15.7 Å². The molecule has 0 saturated heterocycles. The molecule has 0 fully saturated rings. The Bertz CT molecular complexity index is 1540. The number of hydrogen-bond donors (Lipinski definition) is 3. The number of aliphatic carboxylic acids is 1. The number of aromatic nitrogens is 2. The number of non-ortho nitro benzene ring substituents is 1. The number of rotatable bonds is 8. The Balaban J connectivity index is 1.80. The van der Waals surface area contributed by atoms with Crippen LogP contribution in [0.5, 0.6) is 0 Å². The molecule has 0 aliphatic rings. The lowest BCUT2D eigenvalue weighted by atomic mass is 10.0. The van der Waals surface area contributed by atoms with Gasteiger partial charge in [-0.05, 0) is 51.0 Å². The highest BCUT2D eigenvalue weighted by Gasteiger charge is 2.26. The molecule has 4 rings (SSSR count). The Labute approximate surface area is 219 Å². The molecular weight excluding hydrogens is 486 g/mol. The zero-order valence-corrected chi connectivity index (χ0v) is 21.6. The number of aryl methyl sites for hydroxylation is 1. The van der Waals surface area contributed by atoms with Crippen molar-refractivity contribution in [2.75, 3.05) is 5.32 Å². The standard InChI is InChI=1S/C28H29N5O5/c1-17-9-5-6-12-20(17)24-26(31-28(2,3)4)32-14-8-13-21(25(32)30-24)27(36)29-22(16-23(34)35)18-10-7-11-19(15-18)33(37)38/h5-15,22,31H,16H2,1-4H3,(H,29,36)(H,34,35). The molecule has 0 bridgehead atoms. The van der Waals surface area contributed by atoms with Crippen molar-refractivity contribution in [1.82, 2.24) is 14.7 Å². The predicted molar refractivity (Wildman–Crippen MR) is 144 cm³/mol. The van der Waals surface area contributed by atoms with Gasteiger partial charge in [0.05, 0.1) is 22.9 Å². The minimum absolute atomic E-state index is 0.191. The van der Waals surface area contributed by atoms with Crippen LogP contribution < -0.4 is 10.6 Å². The normalized spacial score (nSPS) is 12.2. The molecule has 2 heterocycles. The minimum Gasteiger partial charge on any atom is -0.481 e. The van der Waals surface area contributed by atoms with Gasteiger partial charge in [0, 0.05) is 29.4 Å². The summed E-state index contributed by atoms with van der Waals surface area (Å²) >= 11 is 0. The number of carboxylic acids is 1. The fraction of sp³-hybridized carbons (Fsp3) is 0.250. The highest BCUT2D eigenvalue weighted by atomic mass is 16.6. The lowest BCUT2D eigenvalue weighted by Crippen LogP contribution is -2.30. The van der Waals surface area contributed by atoms with E-state index in [1.807, 2.05) is 62.6 Å². The second-order valence-electron chi connectivity index (χ2n) is 10.1. The lowest BCUT2D eigenvalue weighted by Gasteiger charge is -2.23. The summed E-state index contributed by atoms with van der Waals surface area (Å²) in [4.78, 5) is 40.7. The third kappa shape index (κ3) is 5.64. The van der Waals surface area contributed by atoms with Gasteiger partial charge in [0.15, 0.2) is 5.65 Å². The highest BCUT2D eigenvalue weighted by molar-refractivity contribution is 6.01. The Morgan fingerprint density at radius 1 is 1.11 bits per heavy atom. The van der Waals surface area contributed by atoms with Gasteiger partial charge in [-0.25, -0.2) is 4.98 Å². The van der Waals surface area contributed by atoms with Crippen molar-refractivity contribution >= 4 is 29.0 Å². The maximum atomic E-state index is 13.5. The first-order valence-electron chi connectivity index (χ1n) is 12.1. The number of nitro benzene ring substituents is 1. The summed E-state index contributed by atoms with van der Waals surface area (Å²) in [5, 5.41) is 27.0. The molecular formula is C28H29N5O5. The molecule has 1 unspecified atom stereocenters. The Hall–Kier alpha value is -4.73. The Kier molecular flexibility index (Phi) is 7.16. The average molecular weight is 516 g/mol. The summed E-state index contributed by atoms with van der Waals surface area (Å²) in [5.41, 5.74) is 3.07. The van der Waals surface area contributed by atoms with E-state index in [0.717, 1.165) is 16.9 Å². The molecule has 0 radical (unpaired) electrons. The SMILES string of the molecule is Cc1ccccc1-c1nc2c(C(=O)NC(CC(=O)O)c3cccc([N+](=O)[O-])c3)cccn2c1NC(C)(C)C. The summed E-state index contributed by atoms with van der Waals surface area (Å²) in [6, 6.07) is 15.8. The molecule has 10 nitrogen and oxygen atoms in total. The first kappa shape index (κ1) is 26.3. The number of imidazole rings is 1. The van der Waals surface area contributed by atoms with E-state index < -0.39 is 29.3 Å². The van der Waals surface area contributed by atoms with E-state index in [1.165, 1.54) is 18.2 Å². The molecule has 1 atom stereocenters. The van der Waals surface area contributed by atoms with E-state index in [2.05, 4.69) is 10.6 Å². The second-order valence-corrected chi connectivity index (χ2v) is 10.1. The number of nitrogens with zero attached hydrogens (tertiary/aromatic N) is 3. The van der Waals surface area contributed by atoms with Crippen LogP contribution >= 0.6 is 0 Å². The molecule has 3 N–H and O–H groups in total. The topological polar surface area (TPSA) is 139 Å². The molecule has 1 amide bonds. The number of nitrogens with one attached hydrogen (secondary N) is 2. The summed E-state index contributed by atoms with van der Waals surface area (Å²) in [6.45, 7) is 8.07. The van der Waals surface area contributed by atoms with E-state index in [0.29, 0.717) is 16.9 Å². The smallest absolute Gasteiger partial charge is 0.305 e. The first-order chi connectivity index (χ1) is 17.9. The van der Waals surface area contributed by atoms with Gasteiger partial charge in [-0.15, -0.1) is 0 Å². The number of amides is 1. The zero-order valence-electron chi connectivity index (χ0n) is 21.6. The van der Waals surface area contributed by atoms with Gasteiger partial charge in [-0.1, -0.05) is 36.4 Å². The summed E-state index contributed by atoms with van der Waals surface area (Å²) in [5.74, 6) is -0.978. The van der Waals surface area contributed by atoms with Crippen LogP contribution in [0.25, 0.3) is 16.9 Å². The van der Waals surface area contributed by atoms with Crippen LogP contribution in [0.4, 0.5) is 11.5 Å². The molecule has 196 valence electrons. The Morgan fingerprint density at radius 3 is 2.50 bits per heavy atom. The molecule has 38 heavy (non-hydrogen) atoms. The van der Waals surface area contributed by atoms with Crippen LogP contribution in [0.15, 0.2) is 66.9 Å². The Morgan fingerprint density at radius 2 is 1.84 bits per heavy atom. The van der Waals surface area contributed by atoms with Gasteiger partial charge in [0.1, 0.15) is 11.5 Å². The van der Waals surface area contributed by atoms with Gasteiger partial charge in [-0.2, -0.15) is 0 Å². The van der Waals surface area contributed by atoms with Crippen molar-refractivity contribution in [3.05, 3.63) is 93.7 Å². The van der Waals surface area contributed by atoms with Crippen LogP contribution in [0.2, 0.25) is 0 Å². The van der Waals surface area contributed by atoms with Crippen molar-refractivity contribution < 1.29 is 19.6 Å². The predicted octanol–water partition coefficient (Wildman–Crippen LogP) is 5.37. The molecule has 0 aliphatic carbocycles. The summed E-state index contributed by atoms with van der Waals surface area (Å²) < 4.78 is 1.81. The van der Waals surface area contributed by atoms with Crippen LogP contribution in [-0.4, -0.2) is 36.8 Å². The number of hydrogen-bond acceptors (Lipinski definition) is 6. The van der Waals surface area contributed by atoms with Crippen LogP contribution in [-0.2, 0) is 4.79 Å². The maximum absolute atomic E-state index is 13.5. The number of fused-ring (bicyclic) bond motifs is 1. The third-order valence-corrected chi connectivity index (χ3v) is 5.96. The van der Waals surface area contributed by atoms with Gasteiger partial charge in [0.2, 0.25) is 0 Å². The fourth-order valence-electron chi connectivity index (χ4n) is 4.26. The molecule has 2 aromatic heterocycles. The number of pyridine rings is 1. The highest BCUT2D eigenvalue weighted by Crippen LogP contribution is 2.34. The quantitative estimate of drug-likeness (QED) is 0.212. The molecule has 0 spiro atoms. The van der Waals surface area contributed by atoms with E-state index >= 15 is 0 Å². The molecule has 0 aliphatic heterocycles. The van der Waals surface area contributed by atoms with E-state index in [4.69, 9.17) is 4.98 Å². The van der Waals surface area contributed by atoms with Crippen molar-refractivity contribution in [1.29, 1.82) is 0 Å². The maximum Gasteiger partial charge on any atom is 0.305 e. The fourth-order valence-corrected chi connectivity index (χ4v) is 4.26. The molecule has 4 aromatic rings. The minimum atomic E-state index is -1.15. The number of nitro groups is 1. The van der Waals surface area contributed by atoms with E-state index in [1.54, 1.807) is 18.2 Å². The molecule has 0 saturated carbocycles. The van der Waals surface area contributed by atoms with Crippen molar-refractivity contribution in [3.8, 4) is 11.3 Å². The van der Waals surface area contributed by atoms with Crippen molar-refractivity contribution in [2.45, 2.75) is 45.7 Å². The first-order valence-corrected chi connectivity index (χ1v) is 12.1. The van der Waals surface area contributed by atoms with Crippen LogP contribution in [0.1, 0.15) is 54.7 Å². The lowest BCUT2D eigenvalue weighted by molar-refractivity contribution is -0.384. The van der Waals surface area contributed by atoms with Crippen LogP contribution in [0.3, 0.4) is 0 Å². The van der Waals surface area contributed by atoms with Gasteiger partial charge in [-0.3, -0.25) is 24.1 Å². The van der Waals surface area contributed by atoms with Crippen LogP contribution in [0, 0.1) is 17.0 Å². The molecule has 2 aromatic carbocycles. The van der Waals surface area contributed by atoms with Gasteiger partial charge in [0.25, 0.3) is 11.6 Å². The number of carbonyl (C=O) groups is 2. The number of benzene rings is 2. The average Bonchev–Trinajstić information content (AvgIpc) is 3.20. The monoisotopic (exact) mass is 515 g/mol. The third-order valence-electron chi connectivity index (χ3n) is 5.96. The largest absolute Gasteiger partial charge is 0.481 e. The molecule has 10 heteroatoms. The van der Waals surface area contributed by atoms with Gasteiger partial charge >= 0.3 is 5.97 Å². The van der Waals surface area contributed by atoms with E-state index in [9.17, 15) is 24.8 Å². The van der Waals surface area contributed by atoms with Crippen molar-refractivity contribution in [3.63, 3.8) is 0 Å². The summed E-state index contributed by atoms with van der Waals surface area (Å²) in [7, 11) is 0. The van der Waals surface area contributed by atoms with E-state index in [-0.39, 0.29) is 16.8 Å². The van der Waals surface area contributed by atoms with Crippen molar-refractivity contribution in [2.24, 2.45) is 0 Å².